The van der Waals surface area contributed by atoms with E-state index in [0.717, 1.165) is 0 Å². The number of hydrogen-bond donors (Lipinski definition) is 2. The summed E-state index contributed by atoms with van der Waals surface area (Å²) >= 11 is 6.01. The van der Waals surface area contributed by atoms with Gasteiger partial charge in [0.25, 0.3) is 0 Å². The molecule has 0 fully saturated rings. The predicted molar refractivity (Wildman–Crippen MR) is 71.0 cm³/mol. The lowest BCUT2D eigenvalue weighted by Crippen LogP contribution is -2.34. The van der Waals surface area contributed by atoms with Crippen molar-refractivity contribution in [1.29, 1.82) is 0 Å². The van der Waals surface area contributed by atoms with E-state index in [9.17, 15) is 13.2 Å². The van der Waals surface area contributed by atoms with Gasteiger partial charge in [0.2, 0.25) is 0 Å². The molecule has 1 unspecified atom stereocenters. The average Bonchev–Trinajstić information content (AvgIpc) is 2.33. The maximum atomic E-state index is 12.2. The van der Waals surface area contributed by atoms with Gasteiger partial charge in [-0.15, -0.1) is 0 Å². The lowest BCUT2D eigenvalue weighted by Gasteiger charge is -2.18. The second-order valence-electron chi connectivity index (χ2n) is 4.62. The third kappa shape index (κ3) is 5.19. The molecule has 0 saturated heterocycles. The summed E-state index contributed by atoms with van der Waals surface area (Å²) in [4.78, 5) is 0. The Kier molecular flexibility index (Phi) is 6.10. The van der Waals surface area contributed by atoms with E-state index in [1.165, 1.54) is 6.07 Å². The van der Waals surface area contributed by atoms with E-state index in [0.29, 0.717) is 17.1 Å². The summed E-state index contributed by atoms with van der Waals surface area (Å²) in [5.74, 6) is 0.231. The van der Waals surface area contributed by atoms with Gasteiger partial charge in [0, 0.05) is 23.2 Å². The Bertz CT molecular complexity index is 438. The van der Waals surface area contributed by atoms with E-state index in [2.05, 4.69) is 5.32 Å². The van der Waals surface area contributed by atoms with Crippen LogP contribution in [0.5, 0.6) is 5.75 Å². The molecule has 1 rings (SSSR count). The number of nitrogens with one attached hydrogen (secondary N) is 1. The lowest BCUT2D eigenvalue weighted by molar-refractivity contribution is -0.210. The van der Waals surface area contributed by atoms with Crippen LogP contribution in [0.1, 0.15) is 19.4 Å². The molecule has 7 heteroatoms. The summed E-state index contributed by atoms with van der Waals surface area (Å²) in [6.07, 6.45) is -7.22. The molecule has 1 atom stereocenters. The fourth-order valence-corrected chi connectivity index (χ4v) is 1.65. The van der Waals surface area contributed by atoms with Gasteiger partial charge in [-0.1, -0.05) is 31.5 Å². The first-order valence-corrected chi connectivity index (χ1v) is 6.48. The molecule has 0 spiro atoms. The van der Waals surface area contributed by atoms with E-state index < -0.39 is 18.9 Å². The zero-order valence-corrected chi connectivity index (χ0v) is 11.9. The number of benzene rings is 1. The third-order valence-electron chi connectivity index (χ3n) is 2.54. The van der Waals surface area contributed by atoms with Crippen LogP contribution >= 0.6 is 11.6 Å². The highest BCUT2D eigenvalue weighted by molar-refractivity contribution is 6.31. The van der Waals surface area contributed by atoms with E-state index >= 15 is 0 Å². The van der Waals surface area contributed by atoms with Crippen LogP contribution in [0.4, 0.5) is 13.2 Å². The first-order chi connectivity index (χ1) is 9.21. The van der Waals surface area contributed by atoms with Crippen molar-refractivity contribution in [2.75, 3.05) is 6.61 Å². The van der Waals surface area contributed by atoms with Crippen LogP contribution in [0.2, 0.25) is 5.02 Å². The first kappa shape index (κ1) is 17.1. The molecule has 0 heterocycles. The van der Waals surface area contributed by atoms with E-state index in [-0.39, 0.29) is 11.8 Å². The average molecular weight is 312 g/mol. The molecule has 0 bridgehead atoms. The van der Waals surface area contributed by atoms with Crippen molar-refractivity contribution < 1.29 is 23.0 Å². The number of alkyl halides is 3. The minimum atomic E-state index is -4.70. The van der Waals surface area contributed by atoms with Gasteiger partial charge >= 0.3 is 6.18 Å². The predicted octanol–water partition coefficient (Wildman–Crippen LogP) is 3.14. The van der Waals surface area contributed by atoms with Gasteiger partial charge in [0.1, 0.15) is 12.4 Å². The number of ether oxygens (including phenoxy) is 1. The molecule has 0 aliphatic rings. The van der Waals surface area contributed by atoms with Gasteiger partial charge in [0.05, 0.1) is 0 Å². The molecule has 114 valence electrons. The third-order valence-corrected chi connectivity index (χ3v) is 2.89. The van der Waals surface area contributed by atoms with E-state index in [4.69, 9.17) is 21.4 Å². The summed E-state index contributed by atoms with van der Waals surface area (Å²) in [7, 11) is 0. The molecular weight excluding hydrogens is 295 g/mol. The highest BCUT2D eigenvalue weighted by Crippen LogP contribution is 2.28. The molecule has 0 saturated carbocycles. The summed E-state index contributed by atoms with van der Waals surface area (Å²) in [5, 5.41) is 12.4. The maximum Gasteiger partial charge on any atom is 0.417 e. The van der Waals surface area contributed by atoms with E-state index in [1.807, 2.05) is 13.8 Å². The molecule has 0 aromatic heterocycles. The SMILES string of the molecule is CC(C)NCc1c(Cl)cccc1OCC(O)C(F)(F)F. The topological polar surface area (TPSA) is 41.5 Å². The molecule has 0 amide bonds. The minimum Gasteiger partial charge on any atom is -0.490 e. The normalized spacial score (nSPS) is 13.6. The van der Waals surface area contributed by atoms with Crippen LogP contribution in [0.25, 0.3) is 0 Å². The van der Waals surface area contributed by atoms with Gasteiger partial charge in [-0.3, -0.25) is 0 Å². The fourth-order valence-electron chi connectivity index (χ4n) is 1.42. The highest BCUT2D eigenvalue weighted by Gasteiger charge is 2.38. The van der Waals surface area contributed by atoms with Gasteiger partial charge in [-0.2, -0.15) is 13.2 Å². The van der Waals surface area contributed by atoms with Crippen molar-refractivity contribution in [2.24, 2.45) is 0 Å². The summed E-state index contributed by atoms with van der Waals surface area (Å²) in [6.45, 7) is 3.38. The molecule has 3 nitrogen and oxygen atoms in total. The molecule has 0 radical (unpaired) electrons. The molecule has 20 heavy (non-hydrogen) atoms. The summed E-state index contributed by atoms with van der Waals surface area (Å²) < 4.78 is 41.7. The van der Waals surface area contributed by atoms with Gasteiger partial charge < -0.3 is 15.2 Å². The van der Waals surface area contributed by atoms with Gasteiger partial charge in [0.15, 0.2) is 6.10 Å². The number of hydrogen-bond acceptors (Lipinski definition) is 3. The van der Waals surface area contributed by atoms with Crippen LogP contribution in [-0.2, 0) is 6.54 Å². The molecule has 0 aliphatic heterocycles. The first-order valence-electron chi connectivity index (χ1n) is 6.10. The smallest absolute Gasteiger partial charge is 0.417 e. The zero-order valence-electron chi connectivity index (χ0n) is 11.2. The lowest BCUT2D eigenvalue weighted by atomic mass is 10.2. The van der Waals surface area contributed by atoms with Crippen LogP contribution in [-0.4, -0.2) is 30.0 Å². The van der Waals surface area contributed by atoms with Gasteiger partial charge in [-0.25, -0.2) is 0 Å². The van der Waals surface area contributed by atoms with Crippen LogP contribution in [0, 0.1) is 0 Å². The Morgan fingerprint density at radius 1 is 1.35 bits per heavy atom. The second-order valence-corrected chi connectivity index (χ2v) is 5.03. The van der Waals surface area contributed by atoms with E-state index in [1.54, 1.807) is 12.1 Å². The minimum absolute atomic E-state index is 0.194. The van der Waals surface area contributed by atoms with Crippen molar-refractivity contribution in [3.8, 4) is 5.75 Å². The van der Waals surface area contributed by atoms with Crippen molar-refractivity contribution >= 4 is 11.6 Å². The Morgan fingerprint density at radius 2 is 2.00 bits per heavy atom. The fraction of sp³-hybridized carbons (Fsp3) is 0.538. The summed E-state index contributed by atoms with van der Waals surface area (Å²) in [6, 6.07) is 4.93. The molecular formula is C13H17ClF3NO2. The standard InChI is InChI=1S/C13H17ClF3NO2/c1-8(2)18-6-9-10(14)4-3-5-11(9)20-7-12(19)13(15,16)17/h3-5,8,12,18-19H,6-7H2,1-2H3. The van der Waals surface area contributed by atoms with Crippen LogP contribution in [0.15, 0.2) is 18.2 Å². The van der Waals surface area contributed by atoms with Crippen molar-refractivity contribution in [1.82, 2.24) is 5.32 Å². The van der Waals surface area contributed by atoms with Crippen LogP contribution < -0.4 is 10.1 Å². The number of halogens is 4. The zero-order chi connectivity index (χ0) is 15.3. The Labute approximate surface area is 120 Å². The monoisotopic (exact) mass is 311 g/mol. The largest absolute Gasteiger partial charge is 0.490 e. The Morgan fingerprint density at radius 3 is 2.55 bits per heavy atom. The summed E-state index contributed by atoms with van der Waals surface area (Å²) in [5.41, 5.74) is 0.567. The van der Waals surface area contributed by atoms with Crippen molar-refractivity contribution in [3.63, 3.8) is 0 Å². The molecule has 1 aromatic carbocycles. The quantitative estimate of drug-likeness (QED) is 0.848. The maximum absolute atomic E-state index is 12.2. The highest BCUT2D eigenvalue weighted by atomic mass is 35.5. The Hall–Kier alpha value is -0.980. The van der Waals surface area contributed by atoms with Gasteiger partial charge in [-0.05, 0) is 12.1 Å². The van der Waals surface area contributed by atoms with Crippen molar-refractivity contribution in [2.45, 2.75) is 38.7 Å². The number of rotatable bonds is 6. The molecule has 1 aromatic rings. The van der Waals surface area contributed by atoms with Crippen molar-refractivity contribution in [3.05, 3.63) is 28.8 Å². The van der Waals surface area contributed by atoms with Crippen LogP contribution in [0.3, 0.4) is 0 Å². The number of aliphatic hydroxyl groups excluding tert-OH is 1. The molecule has 0 aliphatic carbocycles. The Balaban J connectivity index is 2.76. The second kappa shape index (κ2) is 7.15. The number of aliphatic hydroxyl groups is 1. The molecule has 2 N–H and O–H groups in total.